The van der Waals surface area contributed by atoms with Crippen molar-refractivity contribution in [2.75, 3.05) is 5.32 Å². The van der Waals surface area contributed by atoms with Gasteiger partial charge in [0.15, 0.2) is 0 Å². The highest BCUT2D eigenvalue weighted by molar-refractivity contribution is 5.95. The third-order valence-corrected chi connectivity index (χ3v) is 3.96. The molecule has 0 radical (unpaired) electrons. The number of carboxylic acids is 1. The Morgan fingerprint density at radius 1 is 1.33 bits per heavy atom. The molecule has 1 aromatic carbocycles. The van der Waals surface area contributed by atoms with Gasteiger partial charge in [-0.05, 0) is 35.4 Å². The Morgan fingerprint density at radius 3 is 3.05 bits per heavy atom. The summed E-state index contributed by atoms with van der Waals surface area (Å²) in [5, 5.41) is 13.5. The van der Waals surface area contributed by atoms with E-state index < -0.39 is 5.97 Å². The van der Waals surface area contributed by atoms with Crippen LogP contribution in [0.1, 0.15) is 27.5 Å². The smallest absolute Gasteiger partial charge is 0.335 e. The molecule has 1 aliphatic heterocycles. The predicted octanol–water partition coefficient (Wildman–Crippen LogP) is 2.97. The summed E-state index contributed by atoms with van der Waals surface area (Å²) >= 11 is 0. The summed E-state index contributed by atoms with van der Waals surface area (Å²) in [6.45, 7) is 0. The van der Waals surface area contributed by atoms with Gasteiger partial charge >= 0.3 is 5.97 Å². The van der Waals surface area contributed by atoms with Gasteiger partial charge in [-0.15, -0.1) is 0 Å². The molecule has 0 saturated heterocycles. The molecule has 2 aromatic heterocycles. The lowest BCUT2D eigenvalue weighted by atomic mass is 10.0. The van der Waals surface area contributed by atoms with Crippen molar-refractivity contribution in [3.63, 3.8) is 0 Å². The summed E-state index contributed by atoms with van der Waals surface area (Å²) in [7, 11) is 0. The Bertz CT molecular complexity index is 829. The summed E-state index contributed by atoms with van der Waals surface area (Å²) in [4.78, 5) is 18.7. The monoisotopic (exact) mass is 279 g/mol. The maximum absolute atomic E-state index is 11.1. The molecule has 3 N–H and O–H groups in total. The Hall–Kier alpha value is -2.82. The van der Waals surface area contributed by atoms with E-state index in [9.17, 15) is 4.79 Å². The number of pyridine rings is 1. The zero-order chi connectivity index (χ0) is 14.4. The van der Waals surface area contributed by atoms with Crippen molar-refractivity contribution in [1.29, 1.82) is 0 Å². The molecule has 3 heterocycles. The molecule has 1 atom stereocenters. The number of carboxylic acid groups (broad SMARTS) is 1. The number of aromatic nitrogens is 2. The van der Waals surface area contributed by atoms with E-state index in [1.54, 1.807) is 18.3 Å². The summed E-state index contributed by atoms with van der Waals surface area (Å²) in [6, 6.07) is 9.26. The number of fused-ring (bicyclic) bond motifs is 2. The van der Waals surface area contributed by atoms with Crippen molar-refractivity contribution in [2.45, 2.75) is 12.5 Å². The molecule has 5 nitrogen and oxygen atoms in total. The zero-order valence-electron chi connectivity index (χ0n) is 11.1. The molecule has 4 rings (SSSR count). The average Bonchev–Trinajstić information content (AvgIpc) is 3.09. The fourth-order valence-electron chi connectivity index (χ4n) is 2.92. The molecule has 5 heteroatoms. The van der Waals surface area contributed by atoms with Gasteiger partial charge in [0, 0.05) is 29.7 Å². The second-order valence-electron chi connectivity index (χ2n) is 5.22. The Balaban J connectivity index is 1.78. The Kier molecular flexibility index (Phi) is 2.47. The number of nitrogens with one attached hydrogen (secondary N) is 2. The molecular weight excluding hydrogens is 266 g/mol. The number of carbonyl (C=O) groups is 1. The lowest BCUT2D eigenvalue weighted by Gasteiger charge is -2.10. The second kappa shape index (κ2) is 4.34. The minimum atomic E-state index is -0.909. The van der Waals surface area contributed by atoms with Gasteiger partial charge in [-0.1, -0.05) is 6.07 Å². The highest BCUT2D eigenvalue weighted by Crippen LogP contribution is 2.35. The molecule has 0 bridgehead atoms. The lowest BCUT2D eigenvalue weighted by molar-refractivity contribution is 0.0697. The van der Waals surface area contributed by atoms with E-state index in [4.69, 9.17) is 5.11 Å². The summed E-state index contributed by atoms with van der Waals surface area (Å²) in [5.41, 5.74) is 3.51. The molecule has 104 valence electrons. The van der Waals surface area contributed by atoms with Crippen molar-refractivity contribution in [2.24, 2.45) is 0 Å². The SMILES string of the molecule is O=C(O)c1ccc2[nH]cc(C3Cc4cccnc4N3)c2c1. The number of hydrogen-bond acceptors (Lipinski definition) is 3. The third-order valence-electron chi connectivity index (χ3n) is 3.96. The van der Waals surface area contributed by atoms with Crippen LogP contribution in [0.25, 0.3) is 10.9 Å². The van der Waals surface area contributed by atoms with Crippen LogP contribution >= 0.6 is 0 Å². The van der Waals surface area contributed by atoms with Crippen LogP contribution in [-0.4, -0.2) is 21.0 Å². The van der Waals surface area contributed by atoms with Crippen molar-refractivity contribution >= 4 is 22.7 Å². The van der Waals surface area contributed by atoms with Crippen molar-refractivity contribution < 1.29 is 9.90 Å². The van der Waals surface area contributed by atoms with Crippen LogP contribution in [0.15, 0.2) is 42.7 Å². The maximum Gasteiger partial charge on any atom is 0.335 e. The molecule has 0 aliphatic carbocycles. The first-order valence-electron chi connectivity index (χ1n) is 6.77. The Labute approximate surface area is 120 Å². The van der Waals surface area contributed by atoms with Crippen LogP contribution in [-0.2, 0) is 6.42 Å². The normalized spacial score (nSPS) is 16.7. The van der Waals surface area contributed by atoms with Gasteiger partial charge < -0.3 is 15.4 Å². The highest BCUT2D eigenvalue weighted by atomic mass is 16.4. The summed E-state index contributed by atoms with van der Waals surface area (Å²) in [5.74, 6) is -0.000349. The second-order valence-corrected chi connectivity index (χ2v) is 5.22. The first-order valence-corrected chi connectivity index (χ1v) is 6.77. The van der Waals surface area contributed by atoms with Gasteiger partial charge in [-0.3, -0.25) is 0 Å². The van der Waals surface area contributed by atoms with Crippen molar-refractivity contribution in [1.82, 2.24) is 9.97 Å². The van der Waals surface area contributed by atoms with Crippen molar-refractivity contribution in [3.8, 4) is 0 Å². The molecule has 0 fully saturated rings. The first kappa shape index (κ1) is 12.0. The van der Waals surface area contributed by atoms with Crippen LogP contribution < -0.4 is 5.32 Å². The standard InChI is InChI=1S/C16H13N3O2/c20-16(21)10-3-4-13-11(6-10)12(8-18-13)14-7-9-2-1-5-17-15(9)19-14/h1-6,8,14,18H,7H2,(H,17,19)(H,20,21). The number of H-pyrrole nitrogens is 1. The van der Waals surface area contributed by atoms with Crippen LogP contribution in [0, 0.1) is 0 Å². The van der Waals surface area contributed by atoms with Gasteiger partial charge in [-0.25, -0.2) is 9.78 Å². The molecule has 1 unspecified atom stereocenters. The molecular formula is C16H13N3O2. The van der Waals surface area contributed by atoms with E-state index in [2.05, 4.69) is 21.4 Å². The highest BCUT2D eigenvalue weighted by Gasteiger charge is 2.25. The minimum Gasteiger partial charge on any atom is -0.478 e. The molecule has 1 aliphatic rings. The van der Waals surface area contributed by atoms with E-state index in [0.717, 1.165) is 28.7 Å². The molecule has 0 saturated carbocycles. The topological polar surface area (TPSA) is 78.0 Å². The van der Waals surface area contributed by atoms with Crippen LogP contribution in [0.3, 0.4) is 0 Å². The quantitative estimate of drug-likeness (QED) is 0.674. The number of aromatic amines is 1. The van der Waals surface area contributed by atoms with E-state index in [1.807, 2.05) is 18.3 Å². The summed E-state index contributed by atoms with van der Waals surface area (Å²) < 4.78 is 0. The maximum atomic E-state index is 11.1. The van der Waals surface area contributed by atoms with Gasteiger partial charge in [-0.2, -0.15) is 0 Å². The third kappa shape index (κ3) is 1.86. The van der Waals surface area contributed by atoms with Crippen LogP contribution in [0.2, 0.25) is 0 Å². The van der Waals surface area contributed by atoms with Crippen LogP contribution in [0.4, 0.5) is 5.82 Å². The largest absolute Gasteiger partial charge is 0.478 e. The number of nitrogens with zero attached hydrogens (tertiary/aromatic N) is 1. The molecule has 0 spiro atoms. The predicted molar refractivity (Wildman–Crippen MR) is 79.6 cm³/mol. The van der Waals surface area contributed by atoms with Gasteiger partial charge in [0.1, 0.15) is 5.82 Å². The fourth-order valence-corrected chi connectivity index (χ4v) is 2.92. The van der Waals surface area contributed by atoms with Gasteiger partial charge in [0.25, 0.3) is 0 Å². The number of hydrogen-bond donors (Lipinski definition) is 3. The number of rotatable bonds is 2. The molecule has 21 heavy (non-hydrogen) atoms. The number of anilines is 1. The van der Waals surface area contributed by atoms with E-state index in [1.165, 1.54) is 5.56 Å². The molecule has 0 amide bonds. The lowest BCUT2D eigenvalue weighted by Crippen LogP contribution is -2.05. The van der Waals surface area contributed by atoms with E-state index >= 15 is 0 Å². The zero-order valence-corrected chi connectivity index (χ0v) is 11.1. The number of aromatic carboxylic acids is 1. The molecule has 3 aromatic rings. The van der Waals surface area contributed by atoms with Gasteiger partial charge in [0.05, 0.1) is 11.6 Å². The summed E-state index contributed by atoms with van der Waals surface area (Å²) in [6.07, 6.45) is 4.57. The van der Waals surface area contributed by atoms with E-state index in [0.29, 0.717) is 5.56 Å². The average molecular weight is 279 g/mol. The first-order chi connectivity index (χ1) is 10.2. The fraction of sp³-hybridized carbons (Fsp3) is 0.125. The van der Waals surface area contributed by atoms with Gasteiger partial charge in [0.2, 0.25) is 0 Å². The van der Waals surface area contributed by atoms with Crippen LogP contribution in [0.5, 0.6) is 0 Å². The van der Waals surface area contributed by atoms with Crippen molar-refractivity contribution in [3.05, 3.63) is 59.4 Å². The Morgan fingerprint density at radius 2 is 2.24 bits per heavy atom. The number of benzene rings is 1. The minimum absolute atomic E-state index is 0.118. The van der Waals surface area contributed by atoms with E-state index in [-0.39, 0.29) is 6.04 Å².